The maximum Gasteiger partial charge on any atom is 0.323 e. The highest BCUT2D eigenvalue weighted by molar-refractivity contribution is 7.15. The number of hydrogen-bond donors (Lipinski definition) is 1. The SMILES string of the molecule is CN(C)C(=O)N(C)c1ccc2c(c1)CN(c1ncc(Cc3ccc(N=C/C=C\N)cc3)s1)CC2. The normalized spacial score (nSPS) is 13.4. The third kappa shape index (κ3) is 5.46. The van der Waals surface area contributed by atoms with Crippen molar-refractivity contribution in [3.8, 4) is 0 Å². The number of benzene rings is 2. The van der Waals surface area contributed by atoms with Gasteiger partial charge in [-0.25, -0.2) is 9.78 Å². The third-order valence-electron chi connectivity index (χ3n) is 5.81. The molecule has 8 heteroatoms. The summed E-state index contributed by atoms with van der Waals surface area (Å²) in [5.74, 6) is 0. The van der Waals surface area contributed by atoms with E-state index in [4.69, 9.17) is 10.7 Å². The van der Waals surface area contributed by atoms with Gasteiger partial charge in [-0.3, -0.25) is 9.89 Å². The Morgan fingerprint density at radius 2 is 1.97 bits per heavy atom. The highest BCUT2D eigenvalue weighted by atomic mass is 32.1. The predicted molar refractivity (Wildman–Crippen MR) is 142 cm³/mol. The van der Waals surface area contributed by atoms with E-state index in [9.17, 15) is 4.79 Å². The molecule has 1 aromatic heterocycles. The van der Waals surface area contributed by atoms with Crippen LogP contribution in [0.5, 0.6) is 0 Å². The van der Waals surface area contributed by atoms with Gasteiger partial charge in [0.05, 0.1) is 5.69 Å². The summed E-state index contributed by atoms with van der Waals surface area (Å²) in [5.41, 5.74) is 11.0. The molecule has 2 heterocycles. The zero-order valence-electron chi connectivity index (χ0n) is 19.8. The highest BCUT2D eigenvalue weighted by Gasteiger charge is 2.21. The van der Waals surface area contributed by atoms with Crippen molar-refractivity contribution in [3.63, 3.8) is 0 Å². The lowest BCUT2D eigenvalue weighted by Gasteiger charge is -2.30. The summed E-state index contributed by atoms with van der Waals surface area (Å²) < 4.78 is 0. The van der Waals surface area contributed by atoms with Crippen LogP contribution in [0.25, 0.3) is 0 Å². The van der Waals surface area contributed by atoms with E-state index >= 15 is 0 Å². The van der Waals surface area contributed by atoms with Gasteiger partial charge in [0.25, 0.3) is 0 Å². The van der Waals surface area contributed by atoms with Gasteiger partial charge in [0.15, 0.2) is 5.13 Å². The Morgan fingerprint density at radius 1 is 1.18 bits per heavy atom. The second kappa shape index (κ2) is 10.5. The average Bonchev–Trinajstić information content (AvgIpc) is 3.32. The highest BCUT2D eigenvalue weighted by Crippen LogP contribution is 2.31. The molecule has 1 aliphatic rings. The van der Waals surface area contributed by atoms with Crippen molar-refractivity contribution in [1.82, 2.24) is 9.88 Å². The summed E-state index contributed by atoms with van der Waals surface area (Å²) in [6.07, 6.45) is 8.64. The second-order valence-electron chi connectivity index (χ2n) is 8.48. The Bertz CT molecular complexity index is 1200. The van der Waals surface area contributed by atoms with Crippen LogP contribution in [0.1, 0.15) is 21.6 Å². The molecule has 0 aliphatic carbocycles. The molecule has 7 nitrogen and oxygen atoms in total. The number of nitrogens with two attached hydrogens (primary N) is 1. The molecular weight excluding hydrogens is 444 g/mol. The maximum absolute atomic E-state index is 12.3. The van der Waals surface area contributed by atoms with Crippen LogP contribution in [0.4, 0.5) is 21.3 Å². The van der Waals surface area contributed by atoms with E-state index < -0.39 is 0 Å². The molecule has 0 atom stereocenters. The number of anilines is 2. The van der Waals surface area contributed by atoms with Crippen LogP contribution in [-0.4, -0.2) is 49.8 Å². The Morgan fingerprint density at radius 3 is 2.71 bits per heavy atom. The Hall–Kier alpha value is -3.65. The standard InChI is InChI=1S/C26H30N6OS/c1-30(2)26(33)31(3)23-10-7-20-11-14-32(18-21(20)16-23)25-29-17-24(34-25)15-19-5-8-22(9-6-19)28-13-4-12-27/h4-10,12-13,16-17H,11,14-15,18,27H2,1-3H3/b12-4-,28-13?. The quantitative estimate of drug-likeness (QED) is 0.530. The predicted octanol–water partition coefficient (Wildman–Crippen LogP) is 4.59. The molecule has 2 amide bonds. The molecule has 0 radical (unpaired) electrons. The van der Waals surface area contributed by atoms with Gasteiger partial charge in [-0.15, -0.1) is 11.3 Å². The molecule has 0 bridgehead atoms. The van der Waals surface area contributed by atoms with Gasteiger partial charge in [0.2, 0.25) is 0 Å². The van der Waals surface area contributed by atoms with Crippen LogP contribution in [0.15, 0.2) is 65.9 Å². The first kappa shape index (κ1) is 23.5. The van der Waals surface area contributed by atoms with Crippen molar-refractivity contribution < 1.29 is 4.79 Å². The minimum absolute atomic E-state index is 0.0376. The van der Waals surface area contributed by atoms with Crippen molar-refractivity contribution >= 4 is 40.1 Å². The fourth-order valence-corrected chi connectivity index (χ4v) is 4.90. The largest absolute Gasteiger partial charge is 0.405 e. The van der Waals surface area contributed by atoms with Crippen molar-refractivity contribution in [2.24, 2.45) is 10.7 Å². The number of allylic oxidation sites excluding steroid dienone is 1. The topological polar surface area (TPSA) is 78.1 Å². The number of nitrogens with zero attached hydrogens (tertiary/aromatic N) is 5. The number of hydrogen-bond acceptors (Lipinski definition) is 6. The minimum atomic E-state index is -0.0376. The van der Waals surface area contributed by atoms with E-state index in [-0.39, 0.29) is 6.03 Å². The average molecular weight is 475 g/mol. The Kier molecular flexibility index (Phi) is 7.27. The first-order valence-electron chi connectivity index (χ1n) is 11.2. The van der Waals surface area contributed by atoms with Gasteiger partial charge in [0, 0.05) is 63.6 Å². The number of aliphatic imine (C=N–C) groups is 1. The van der Waals surface area contributed by atoms with Crippen molar-refractivity contribution in [3.05, 3.63) is 82.5 Å². The number of carbonyl (C=O) groups is 1. The van der Waals surface area contributed by atoms with Gasteiger partial charge in [-0.1, -0.05) is 18.2 Å². The molecule has 176 valence electrons. The summed E-state index contributed by atoms with van der Waals surface area (Å²) in [5, 5.41) is 1.04. The van der Waals surface area contributed by atoms with Gasteiger partial charge >= 0.3 is 6.03 Å². The number of amides is 2. The molecule has 0 unspecified atom stereocenters. The molecule has 4 rings (SSSR count). The zero-order valence-corrected chi connectivity index (χ0v) is 20.6. The number of aromatic nitrogens is 1. The smallest absolute Gasteiger partial charge is 0.323 e. The molecule has 0 saturated heterocycles. The summed E-state index contributed by atoms with van der Waals surface area (Å²) in [6.45, 7) is 1.74. The Balaban J connectivity index is 1.43. The van der Waals surface area contributed by atoms with Crippen LogP contribution in [0.3, 0.4) is 0 Å². The Labute approximate surface area is 204 Å². The lowest BCUT2D eigenvalue weighted by Crippen LogP contribution is -2.36. The van der Waals surface area contributed by atoms with E-state index in [0.717, 1.165) is 42.4 Å². The molecule has 0 fully saturated rings. The molecule has 1 aliphatic heterocycles. The summed E-state index contributed by atoms with van der Waals surface area (Å²) in [7, 11) is 5.35. The van der Waals surface area contributed by atoms with E-state index in [0.29, 0.717) is 0 Å². The van der Waals surface area contributed by atoms with Crippen LogP contribution >= 0.6 is 11.3 Å². The van der Waals surface area contributed by atoms with Gasteiger partial charge in [-0.05, 0) is 59.7 Å². The van der Waals surface area contributed by atoms with E-state index in [1.54, 1.807) is 47.5 Å². The summed E-state index contributed by atoms with van der Waals surface area (Å²) in [4.78, 5) is 28.2. The molecule has 2 N–H and O–H groups in total. The summed E-state index contributed by atoms with van der Waals surface area (Å²) >= 11 is 1.74. The van der Waals surface area contributed by atoms with Crippen molar-refractivity contribution in [2.45, 2.75) is 19.4 Å². The van der Waals surface area contributed by atoms with E-state index in [2.05, 4.69) is 34.2 Å². The molecule has 3 aromatic rings. The number of carbonyl (C=O) groups excluding carboxylic acids is 1. The van der Waals surface area contributed by atoms with Crippen LogP contribution in [0, 0.1) is 0 Å². The molecular formula is C26H30N6OS. The zero-order chi connectivity index (χ0) is 24.1. The van der Waals surface area contributed by atoms with Crippen molar-refractivity contribution in [1.29, 1.82) is 0 Å². The van der Waals surface area contributed by atoms with Gasteiger partial charge < -0.3 is 15.5 Å². The van der Waals surface area contributed by atoms with Gasteiger partial charge in [-0.2, -0.15) is 0 Å². The van der Waals surface area contributed by atoms with E-state index in [1.807, 2.05) is 31.4 Å². The minimum Gasteiger partial charge on any atom is -0.405 e. The number of thiazole rings is 1. The summed E-state index contributed by atoms with van der Waals surface area (Å²) in [6, 6.07) is 14.5. The third-order valence-corrected chi connectivity index (χ3v) is 6.86. The number of fused-ring (bicyclic) bond motifs is 1. The molecule has 0 saturated carbocycles. The van der Waals surface area contributed by atoms with Crippen LogP contribution in [-0.2, 0) is 19.4 Å². The second-order valence-corrected chi connectivity index (χ2v) is 9.57. The fourth-order valence-electron chi connectivity index (χ4n) is 3.93. The first-order chi connectivity index (χ1) is 16.4. The molecule has 2 aromatic carbocycles. The first-order valence-corrected chi connectivity index (χ1v) is 12.0. The lowest BCUT2D eigenvalue weighted by molar-refractivity contribution is 0.225. The maximum atomic E-state index is 12.3. The lowest BCUT2D eigenvalue weighted by atomic mass is 9.99. The fraction of sp³-hybridized carbons (Fsp3) is 0.269. The van der Waals surface area contributed by atoms with Crippen molar-refractivity contribution in [2.75, 3.05) is 37.5 Å². The van der Waals surface area contributed by atoms with Crippen LogP contribution < -0.4 is 15.5 Å². The molecule has 0 spiro atoms. The number of urea groups is 1. The van der Waals surface area contributed by atoms with Crippen LogP contribution in [0.2, 0.25) is 0 Å². The van der Waals surface area contributed by atoms with Gasteiger partial charge in [0.1, 0.15) is 0 Å². The van der Waals surface area contributed by atoms with E-state index in [1.165, 1.54) is 27.8 Å². The monoisotopic (exact) mass is 474 g/mol. The molecule has 34 heavy (non-hydrogen) atoms. The number of rotatable bonds is 6.